The second kappa shape index (κ2) is 6.55. The lowest BCUT2D eigenvalue weighted by Gasteiger charge is -2.19. The summed E-state index contributed by atoms with van der Waals surface area (Å²) in [4.78, 5) is 0. The van der Waals surface area contributed by atoms with Crippen molar-refractivity contribution in [1.82, 2.24) is 5.32 Å². The van der Waals surface area contributed by atoms with Crippen molar-refractivity contribution < 1.29 is 4.39 Å². The van der Waals surface area contributed by atoms with Crippen molar-refractivity contribution >= 4 is 0 Å². The van der Waals surface area contributed by atoms with E-state index >= 15 is 0 Å². The molecule has 0 bridgehead atoms. The predicted molar refractivity (Wildman–Crippen MR) is 71.6 cm³/mol. The first-order valence-electron chi connectivity index (χ1n) is 6.17. The van der Waals surface area contributed by atoms with E-state index < -0.39 is 0 Å². The van der Waals surface area contributed by atoms with E-state index in [4.69, 9.17) is 0 Å². The Balaban J connectivity index is 2.90. The fraction of sp³-hybridized carbons (Fsp3) is 0.467. The number of aryl methyl sites for hydroxylation is 1. The van der Waals surface area contributed by atoms with Crippen LogP contribution in [0.5, 0.6) is 0 Å². The maximum absolute atomic E-state index is 13.4. The van der Waals surface area contributed by atoms with E-state index in [1.165, 1.54) is 0 Å². The summed E-state index contributed by atoms with van der Waals surface area (Å²) in [6.45, 7) is 10.9. The molecule has 0 heterocycles. The molecule has 1 aromatic carbocycles. The Bertz CT molecular complexity index is 364. The smallest absolute Gasteiger partial charge is 0.123 e. The summed E-state index contributed by atoms with van der Waals surface area (Å²) in [5, 5.41) is 3.44. The van der Waals surface area contributed by atoms with Crippen LogP contribution in [0.4, 0.5) is 4.39 Å². The molecule has 0 aliphatic carbocycles. The largest absolute Gasteiger partial charge is 0.310 e. The van der Waals surface area contributed by atoms with E-state index in [1.807, 2.05) is 19.9 Å². The topological polar surface area (TPSA) is 12.0 Å². The van der Waals surface area contributed by atoms with Gasteiger partial charge in [0.15, 0.2) is 0 Å². The van der Waals surface area contributed by atoms with Crippen LogP contribution in [0.3, 0.4) is 0 Å². The van der Waals surface area contributed by atoms with Crippen molar-refractivity contribution in [3.8, 4) is 0 Å². The second-order valence-electron chi connectivity index (χ2n) is 4.73. The van der Waals surface area contributed by atoms with Crippen molar-refractivity contribution in [1.29, 1.82) is 0 Å². The standard InChI is InChI=1S/C15H22FN/c1-5-6-17-15(7-11(2)3)13-8-12(4)9-14(16)10-13/h8-10,15,17H,2,5-7H2,1,3-4H3. The Morgan fingerprint density at radius 3 is 2.65 bits per heavy atom. The Kier molecular flexibility index (Phi) is 5.36. The SMILES string of the molecule is C=C(C)CC(NCCC)c1cc(C)cc(F)c1. The van der Waals surface area contributed by atoms with Gasteiger partial charge in [-0.1, -0.05) is 18.6 Å². The van der Waals surface area contributed by atoms with E-state index in [2.05, 4.69) is 18.8 Å². The molecule has 1 nitrogen and oxygen atoms in total. The van der Waals surface area contributed by atoms with Crippen LogP contribution < -0.4 is 5.32 Å². The number of hydrogen-bond donors (Lipinski definition) is 1. The maximum Gasteiger partial charge on any atom is 0.123 e. The zero-order chi connectivity index (χ0) is 12.8. The summed E-state index contributed by atoms with van der Waals surface area (Å²) >= 11 is 0. The van der Waals surface area contributed by atoms with Gasteiger partial charge in [0.1, 0.15) is 5.82 Å². The van der Waals surface area contributed by atoms with Crippen molar-refractivity contribution in [2.75, 3.05) is 6.54 Å². The zero-order valence-corrected chi connectivity index (χ0v) is 11.0. The highest BCUT2D eigenvalue weighted by molar-refractivity contribution is 5.27. The third-order valence-corrected chi connectivity index (χ3v) is 2.66. The van der Waals surface area contributed by atoms with E-state index in [0.29, 0.717) is 0 Å². The molecule has 1 N–H and O–H groups in total. The molecule has 1 atom stereocenters. The number of benzene rings is 1. The average Bonchev–Trinajstić information content (AvgIpc) is 2.22. The number of hydrogen-bond acceptors (Lipinski definition) is 1. The highest BCUT2D eigenvalue weighted by atomic mass is 19.1. The molecular formula is C15H22FN. The third-order valence-electron chi connectivity index (χ3n) is 2.66. The average molecular weight is 235 g/mol. The number of halogens is 1. The van der Waals surface area contributed by atoms with Gasteiger partial charge in [0, 0.05) is 6.04 Å². The summed E-state index contributed by atoms with van der Waals surface area (Å²) in [6, 6.07) is 5.38. The highest BCUT2D eigenvalue weighted by Crippen LogP contribution is 2.22. The quantitative estimate of drug-likeness (QED) is 0.731. The summed E-state index contributed by atoms with van der Waals surface area (Å²) in [6.07, 6.45) is 1.92. The zero-order valence-electron chi connectivity index (χ0n) is 11.0. The molecule has 0 fully saturated rings. The van der Waals surface area contributed by atoms with Gasteiger partial charge < -0.3 is 5.32 Å². The minimum Gasteiger partial charge on any atom is -0.310 e. The van der Waals surface area contributed by atoms with Gasteiger partial charge >= 0.3 is 0 Å². The Morgan fingerprint density at radius 1 is 1.41 bits per heavy atom. The molecule has 17 heavy (non-hydrogen) atoms. The van der Waals surface area contributed by atoms with Gasteiger partial charge in [-0.25, -0.2) is 4.39 Å². The normalized spacial score (nSPS) is 12.5. The maximum atomic E-state index is 13.4. The lowest BCUT2D eigenvalue weighted by Crippen LogP contribution is -2.22. The highest BCUT2D eigenvalue weighted by Gasteiger charge is 2.12. The Hall–Kier alpha value is -1.15. The fourth-order valence-corrected chi connectivity index (χ4v) is 1.94. The van der Waals surface area contributed by atoms with Crippen molar-refractivity contribution in [2.24, 2.45) is 0 Å². The molecule has 0 spiro atoms. The molecule has 94 valence electrons. The molecule has 0 saturated carbocycles. The number of rotatable bonds is 6. The second-order valence-corrected chi connectivity index (χ2v) is 4.73. The van der Waals surface area contributed by atoms with Crippen LogP contribution in [-0.4, -0.2) is 6.54 Å². The van der Waals surface area contributed by atoms with Crippen LogP contribution in [-0.2, 0) is 0 Å². The molecule has 2 heteroatoms. The molecule has 0 amide bonds. The first-order valence-corrected chi connectivity index (χ1v) is 6.17. The van der Waals surface area contributed by atoms with Gasteiger partial charge in [-0.3, -0.25) is 0 Å². The minimum absolute atomic E-state index is 0.162. The van der Waals surface area contributed by atoms with Gasteiger partial charge in [-0.05, 0) is 56.5 Å². The minimum atomic E-state index is -0.162. The summed E-state index contributed by atoms with van der Waals surface area (Å²) in [5.41, 5.74) is 3.09. The van der Waals surface area contributed by atoms with Gasteiger partial charge in [-0.15, -0.1) is 6.58 Å². The molecule has 1 unspecified atom stereocenters. The lowest BCUT2D eigenvalue weighted by molar-refractivity contribution is 0.522. The Labute approximate surface area is 104 Å². The summed E-state index contributed by atoms with van der Waals surface area (Å²) in [5.74, 6) is -0.162. The van der Waals surface area contributed by atoms with E-state index in [1.54, 1.807) is 12.1 Å². The van der Waals surface area contributed by atoms with E-state index in [0.717, 1.165) is 36.1 Å². The van der Waals surface area contributed by atoms with Crippen LogP contribution in [0.25, 0.3) is 0 Å². The molecule has 0 aliphatic heterocycles. The monoisotopic (exact) mass is 235 g/mol. The molecule has 0 radical (unpaired) electrons. The Morgan fingerprint density at radius 2 is 2.12 bits per heavy atom. The van der Waals surface area contributed by atoms with Gasteiger partial charge in [-0.2, -0.15) is 0 Å². The van der Waals surface area contributed by atoms with Crippen LogP contribution in [0.15, 0.2) is 30.4 Å². The third kappa shape index (κ3) is 4.70. The molecular weight excluding hydrogens is 213 g/mol. The first-order chi connectivity index (χ1) is 8.02. The van der Waals surface area contributed by atoms with Gasteiger partial charge in [0.05, 0.1) is 0 Å². The van der Waals surface area contributed by atoms with Crippen LogP contribution in [0, 0.1) is 12.7 Å². The van der Waals surface area contributed by atoms with Crippen molar-refractivity contribution in [3.63, 3.8) is 0 Å². The summed E-state index contributed by atoms with van der Waals surface area (Å²) < 4.78 is 13.4. The molecule has 0 aromatic heterocycles. The molecule has 1 rings (SSSR count). The van der Waals surface area contributed by atoms with Gasteiger partial charge in [0.25, 0.3) is 0 Å². The first kappa shape index (κ1) is 13.9. The van der Waals surface area contributed by atoms with E-state index in [-0.39, 0.29) is 11.9 Å². The van der Waals surface area contributed by atoms with Gasteiger partial charge in [0.2, 0.25) is 0 Å². The molecule has 0 saturated heterocycles. The van der Waals surface area contributed by atoms with E-state index in [9.17, 15) is 4.39 Å². The van der Waals surface area contributed by atoms with Crippen LogP contribution in [0.2, 0.25) is 0 Å². The number of nitrogens with one attached hydrogen (secondary N) is 1. The van der Waals surface area contributed by atoms with Crippen LogP contribution >= 0.6 is 0 Å². The summed E-state index contributed by atoms with van der Waals surface area (Å²) in [7, 11) is 0. The molecule has 1 aromatic rings. The predicted octanol–water partition coefficient (Wildman–Crippen LogP) is 4.14. The van der Waals surface area contributed by atoms with Crippen LogP contribution in [0.1, 0.15) is 43.9 Å². The molecule has 0 aliphatic rings. The fourth-order valence-electron chi connectivity index (χ4n) is 1.94. The lowest BCUT2D eigenvalue weighted by atomic mass is 9.98. The van der Waals surface area contributed by atoms with Crippen molar-refractivity contribution in [2.45, 2.75) is 39.7 Å². The van der Waals surface area contributed by atoms with Crippen molar-refractivity contribution in [3.05, 3.63) is 47.3 Å².